The molecule has 106 valence electrons. The van der Waals surface area contributed by atoms with Gasteiger partial charge in [0.15, 0.2) is 0 Å². The number of benzene rings is 2. The molecule has 0 unspecified atom stereocenters. The third-order valence-electron chi connectivity index (χ3n) is 3.17. The van der Waals surface area contributed by atoms with Gasteiger partial charge in [0.25, 0.3) is 5.69 Å². The first kappa shape index (κ1) is 13.6. The average Bonchev–Trinajstić information content (AvgIpc) is 2.93. The van der Waals surface area contributed by atoms with Crippen molar-refractivity contribution in [1.82, 2.24) is 4.98 Å². The summed E-state index contributed by atoms with van der Waals surface area (Å²) in [6.45, 7) is 0.262. The van der Waals surface area contributed by atoms with Gasteiger partial charge in [-0.25, -0.2) is 0 Å². The van der Waals surface area contributed by atoms with Crippen LogP contribution in [0.15, 0.2) is 53.1 Å². The van der Waals surface area contributed by atoms with Gasteiger partial charge in [-0.15, -0.1) is 0 Å². The molecule has 6 heteroatoms. The van der Waals surface area contributed by atoms with Gasteiger partial charge in [0.2, 0.25) is 0 Å². The van der Waals surface area contributed by atoms with E-state index in [0.717, 1.165) is 22.2 Å². The summed E-state index contributed by atoms with van der Waals surface area (Å²) in [5, 5.41) is 12.0. The van der Waals surface area contributed by atoms with Gasteiger partial charge in [0.05, 0.1) is 4.92 Å². The molecule has 0 aliphatic heterocycles. The van der Waals surface area contributed by atoms with Gasteiger partial charge in [-0.3, -0.25) is 10.1 Å². The number of nitro groups is 1. The molecule has 1 heterocycles. The molecule has 0 fully saturated rings. The zero-order valence-corrected chi connectivity index (χ0v) is 12.5. The van der Waals surface area contributed by atoms with E-state index in [-0.39, 0.29) is 12.3 Å². The summed E-state index contributed by atoms with van der Waals surface area (Å²) in [6.07, 6.45) is 1.87. The molecule has 0 atom stereocenters. The van der Waals surface area contributed by atoms with Crippen LogP contribution in [0.5, 0.6) is 5.75 Å². The van der Waals surface area contributed by atoms with Crippen molar-refractivity contribution in [3.05, 3.63) is 68.8 Å². The van der Waals surface area contributed by atoms with Crippen LogP contribution in [-0.4, -0.2) is 9.91 Å². The Labute approximate surface area is 128 Å². The van der Waals surface area contributed by atoms with Crippen LogP contribution in [0.3, 0.4) is 0 Å². The summed E-state index contributed by atoms with van der Waals surface area (Å²) in [5.41, 5.74) is 1.81. The molecule has 5 nitrogen and oxygen atoms in total. The fourth-order valence-corrected chi connectivity index (χ4v) is 2.62. The Balaban J connectivity index is 1.81. The van der Waals surface area contributed by atoms with Crippen molar-refractivity contribution < 1.29 is 9.66 Å². The smallest absolute Gasteiger partial charge is 0.283 e. The first-order chi connectivity index (χ1) is 10.1. The number of hydrogen-bond donors (Lipinski definition) is 1. The molecule has 0 aliphatic carbocycles. The largest absolute Gasteiger partial charge is 0.489 e. The minimum atomic E-state index is -0.417. The molecule has 0 spiro atoms. The van der Waals surface area contributed by atoms with Crippen LogP contribution in [-0.2, 0) is 6.61 Å². The van der Waals surface area contributed by atoms with Crippen LogP contribution < -0.4 is 4.74 Å². The molecule has 0 saturated carbocycles. The van der Waals surface area contributed by atoms with Crippen molar-refractivity contribution in [2.75, 3.05) is 0 Å². The number of hydrogen-bond acceptors (Lipinski definition) is 3. The molecule has 21 heavy (non-hydrogen) atoms. The topological polar surface area (TPSA) is 68.2 Å². The average molecular weight is 347 g/mol. The lowest BCUT2D eigenvalue weighted by Gasteiger charge is -2.08. The summed E-state index contributed by atoms with van der Waals surface area (Å²) in [6, 6.07) is 12.6. The third-order valence-corrected chi connectivity index (χ3v) is 4.09. The van der Waals surface area contributed by atoms with Crippen molar-refractivity contribution in [1.29, 1.82) is 0 Å². The highest BCUT2D eigenvalue weighted by Crippen LogP contribution is 2.29. The minimum Gasteiger partial charge on any atom is -0.489 e. The zero-order chi connectivity index (χ0) is 14.8. The number of nitrogens with zero attached hydrogens (tertiary/aromatic N) is 1. The number of nitro benzene ring substituents is 1. The zero-order valence-electron chi connectivity index (χ0n) is 10.9. The number of halogens is 1. The second kappa shape index (κ2) is 5.57. The fraction of sp³-hybridized carbons (Fsp3) is 0.0667. The number of aromatic amines is 1. The van der Waals surface area contributed by atoms with Crippen LogP contribution in [0, 0.1) is 10.1 Å². The standard InChI is InChI=1S/C15H11BrN2O3/c16-15-11(2-1-3-14(15)18(19)20)9-21-12-4-5-13-10(8-12)6-7-17-13/h1-8,17H,9H2. The van der Waals surface area contributed by atoms with Crippen LogP contribution in [0.1, 0.15) is 5.56 Å². The molecule has 1 N–H and O–H groups in total. The highest BCUT2D eigenvalue weighted by molar-refractivity contribution is 9.10. The fourth-order valence-electron chi connectivity index (χ4n) is 2.10. The summed E-state index contributed by atoms with van der Waals surface area (Å²) >= 11 is 3.26. The van der Waals surface area contributed by atoms with Gasteiger partial charge >= 0.3 is 0 Å². The van der Waals surface area contributed by atoms with E-state index in [2.05, 4.69) is 20.9 Å². The third kappa shape index (κ3) is 2.75. The van der Waals surface area contributed by atoms with Crippen LogP contribution >= 0.6 is 15.9 Å². The predicted octanol–water partition coefficient (Wildman–Crippen LogP) is 4.42. The number of fused-ring (bicyclic) bond motifs is 1. The van der Waals surface area contributed by atoms with E-state index in [1.807, 2.05) is 30.5 Å². The maximum Gasteiger partial charge on any atom is 0.283 e. The van der Waals surface area contributed by atoms with Gasteiger partial charge in [0.1, 0.15) is 16.8 Å². The van der Waals surface area contributed by atoms with Gasteiger partial charge in [0, 0.05) is 28.7 Å². The lowest BCUT2D eigenvalue weighted by molar-refractivity contribution is -0.385. The van der Waals surface area contributed by atoms with Gasteiger partial charge in [-0.05, 0) is 40.2 Å². The minimum absolute atomic E-state index is 0.0391. The molecular formula is C15H11BrN2O3. The number of nitrogens with one attached hydrogen (secondary N) is 1. The quantitative estimate of drug-likeness (QED) is 0.561. The highest BCUT2D eigenvalue weighted by atomic mass is 79.9. The monoisotopic (exact) mass is 346 g/mol. The van der Waals surface area contributed by atoms with E-state index in [1.165, 1.54) is 6.07 Å². The first-order valence-electron chi connectivity index (χ1n) is 6.27. The van der Waals surface area contributed by atoms with E-state index in [9.17, 15) is 10.1 Å². The van der Waals surface area contributed by atoms with Crippen molar-refractivity contribution >= 4 is 32.5 Å². The lowest BCUT2D eigenvalue weighted by atomic mass is 10.2. The predicted molar refractivity (Wildman–Crippen MR) is 83.4 cm³/mol. The van der Waals surface area contributed by atoms with Crippen molar-refractivity contribution in [3.63, 3.8) is 0 Å². The molecular weight excluding hydrogens is 336 g/mol. The summed E-state index contributed by atoms with van der Waals surface area (Å²) in [7, 11) is 0. The summed E-state index contributed by atoms with van der Waals surface area (Å²) in [5.74, 6) is 0.723. The van der Waals surface area contributed by atoms with Gasteiger partial charge in [-0.1, -0.05) is 12.1 Å². The van der Waals surface area contributed by atoms with Crippen LogP contribution in [0.25, 0.3) is 10.9 Å². The van der Waals surface area contributed by atoms with Gasteiger partial charge < -0.3 is 9.72 Å². The maximum atomic E-state index is 10.9. The molecule has 0 bridgehead atoms. The summed E-state index contributed by atoms with van der Waals surface area (Å²) < 4.78 is 6.17. The Morgan fingerprint density at radius 2 is 2.10 bits per heavy atom. The Morgan fingerprint density at radius 1 is 1.24 bits per heavy atom. The first-order valence-corrected chi connectivity index (χ1v) is 7.06. The Morgan fingerprint density at radius 3 is 2.90 bits per heavy atom. The number of aromatic nitrogens is 1. The Kier molecular flexibility index (Phi) is 3.62. The maximum absolute atomic E-state index is 10.9. The number of H-pyrrole nitrogens is 1. The molecule has 3 rings (SSSR count). The Bertz CT molecular complexity index is 814. The molecule has 0 aliphatic rings. The molecule has 0 radical (unpaired) electrons. The van der Waals surface area contributed by atoms with E-state index < -0.39 is 4.92 Å². The molecule has 2 aromatic carbocycles. The Hall–Kier alpha value is -2.34. The molecule has 0 amide bonds. The molecule has 1 aromatic heterocycles. The number of rotatable bonds is 4. The van der Waals surface area contributed by atoms with E-state index in [1.54, 1.807) is 12.1 Å². The van der Waals surface area contributed by atoms with Crippen molar-refractivity contribution in [2.24, 2.45) is 0 Å². The lowest BCUT2D eigenvalue weighted by Crippen LogP contribution is -1.99. The van der Waals surface area contributed by atoms with E-state index in [4.69, 9.17) is 4.74 Å². The van der Waals surface area contributed by atoms with Gasteiger partial charge in [-0.2, -0.15) is 0 Å². The van der Waals surface area contributed by atoms with Crippen LogP contribution in [0.2, 0.25) is 0 Å². The van der Waals surface area contributed by atoms with E-state index in [0.29, 0.717) is 4.47 Å². The van der Waals surface area contributed by atoms with Crippen molar-refractivity contribution in [3.8, 4) is 5.75 Å². The molecule has 0 saturated heterocycles. The SMILES string of the molecule is O=[N+]([O-])c1cccc(COc2ccc3[nH]ccc3c2)c1Br. The second-order valence-corrected chi connectivity index (χ2v) is 5.32. The molecule has 3 aromatic rings. The van der Waals surface area contributed by atoms with E-state index >= 15 is 0 Å². The highest BCUT2D eigenvalue weighted by Gasteiger charge is 2.15. The summed E-state index contributed by atoms with van der Waals surface area (Å²) in [4.78, 5) is 13.6. The number of ether oxygens (including phenoxy) is 1. The second-order valence-electron chi connectivity index (χ2n) is 4.52. The van der Waals surface area contributed by atoms with Crippen LogP contribution in [0.4, 0.5) is 5.69 Å². The normalized spacial score (nSPS) is 10.7. The van der Waals surface area contributed by atoms with Crippen molar-refractivity contribution in [2.45, 2.75) is 6.61 Å².